The Bertz CT molecular complexity index is 1180. The van der Waals surface area contributed by atoms with E-state index >= 15 is 0 Å². The van der Waals surface area contributed by atoms with Gasteiger partial charge < -0.3 is 21.3 Å². The summed E-state index contributed by atoms with van der Waals surface area (Å²) in [7, 11) is 0. The Morgan fingerprint density at radius 2 is 1.89 bits per heavy atom. The first-order chi connectivity index (χ1) is 17.8. The topological polar surface area (TPSA) is 117 Å². The van der Waals surface area contributed by atoms with E-state index in [4.69, 9.17) is 5.73 Å². The molecule has 1 aliphatic heterocycles. The molecule has 0 spiro atoms. The van der Waals surface area contributed by atoms with Crippen LogP contribution in [0.4, 0.5) is 11.5 Å². The number of Topliss-reactive ketones (excluding diaryl/α,β-unsaturated/α-hetero) is 1. The number of fused-ring (bicyclic) bond motifs is 1. The predicted molar refractivity (Wildman–Crippen MR) is 144 cm³/mol. The maximum absolute atomic E-state index is 13.2. The molecule has 0 bridgehead atoms. The molecule has 8 heteroatoms. The highest BCUT2D eigenvalue weighted by atomic mass is 16.2. The van der Waals surface area contributed by atoms with Gasteiger partial charge in [0.1, 0.15) is 5.82 Å². The lowest BCUT2D eigenvalue weighted by molar-refractivity contribution is 0.0933. The maximum atomic E-state index is 13.2. The third-order valence-electron chi connectivity index (χ3n) is 8.20. The fourth-order valence-corrected chi connectivity index (χ4v) is 5.83. The first-order valence-corrected chi connectivity index (χ1v) is 13.6. The first kappa shape index (κ1) is 25.2. The summed E-state index contributed by atoms with van der Waals surface area (Å²) in [5, 5.41) is 6.54. The Morgan fingerprint density at radius 3 is 2.57 bits per heavy atom. The number of piperidine rings is 1. The summed E-state index contributed by atoms with van der Waals surface area (Å²) in [5.41, 5.74) is 7.75. The third kappa shape index (κ3) is 5.48. The van der Waals surface area contributed by atoms with Gasteiger partial charge in [0.2, 0.25) is 0 Å². The highest BCUT2D eigenvalue weighted by Crippen LogP contribution is 2.39. The molecule has 2 heterocycles. The molecule has 3 aliphatic rings. The van der Waals surface area contributed by atoms with Crippen molar-refractivity contribution < 1.29 is 14.4 Å². The van der Waals surface area contributed by atoms with Gasteiger partial charge in [-0.3, -0.25) is 14.4 Å². The van der Waals surface area contributed by atoms with Gasteiger partial charge in [-0.25, -0.2) is 4.98 Å². The molecule has 4 unspecified atom stereocenters. The molecule has 37 heavy (non-hydrogen) atoms. The number of amides is 2. The number of hydrogen-bond acceptors (Lipinski definition) is 6. The van der Waals surface area contributed by atoms with Gasteiger partial charge in [-0.1, -0.05) is 6.92 Å². The van der Waals surface area contributed by atoms with E-state index in [2.05, 4.69) is 27.4 Å². The summed E-state index contributed by atoms with van der Waals surface area (Å²) < 4.78 is 0. The van der Waals surface area contributed by atoms with Crippen LogP contribution in [-0.2, 0) is 0 Å². The van der Waals surface area contributed by atoms with Crippen LogP contribution in [0.3, 0.4) is 0 Å². The molecule has 3 fully saturated rings. The molecule has 0 radical (unpaired) electrons. The molecule has 2 saturated carbocycles. The number of carbonyl (C=O) groups excluding carboxylic acids is 3. The molecular weight excluding hydrogens is 466 g/mol. The van der Waals surface area contributed by atoms with Gasteiger partial charge in [0.25, 0.3) is 11.8 Å². The second-order valence-electron chi connectivity index (χ2n) is 10.9. The molecule has 1 saturated heterocycles. The Labute approximate surface area is 218 Å². The van der Waals surface area contributed by atoms with E-state index in [0.717, 1.165) is 57.3 Å². The second-order valence-corrected chi connectivity index (χ2v) is 10.9. The molecule has 1 aromatic carbocycles. The molecule has 4 N–H and O–H groups in total. The summed E-state index contributed by atoms with van der Waals surface area (Å²) in [6.07, 6.45) is 8.62. The maximum Gasteiger partial charge on any atom is 0.251 e. The van der Waals surface area contributed by atoms with Crippen LogP contribution in [0.15, 0.2) is 36.5 Å². The van der Waals surface area contributed by atoms with Gasteiger partial charge in [0, 0.05) is 53.6 Å². The number of aromatic nitrogens is 1. The second kappa shape index (κ2) is 10.5. The van der Waals surface area contributed by atoms with Gasteiger partial charge in [-0.15, -0.1) is 0 Å². The lowest BCUT2D eigenvalue weighted by Gasteiger charge is -2.38. The normalized spacial score (nSPS) is 23.7. The Balaban J connectivity index is 1.26. The molecule has 196 valence electrons. The highest BCUT2D eigenvalue weighted by molar-refractivity contribution is 6.02. The number of primary amides is 1. The minimum Gasteiger partial charge on any atom is -0.382 e. The van der Waals surface area contributed by atoms with E-state index < -0.39 is 5.91 Å². The summed E-state index contributed by atoms with van der Waals surface area (Å²) in [4.78, 5) is 44.5. The number of carbonyl (C=O) groups is 3. The molecule has 1 aromatic heterocycles. The number of benzene rings is 1. The minimum atomic E-state index is -0.517. The van der Waals surface area contributed by atoms with E-state index in [0.29, 0.717) is 34.3 Å². The number of anilines is 2. The van der Waals surface area contributed by atoms with Crippen LogP contribution in [-0.4, -0.2) is 47.3 Å². The zero-order valence-electron chi connectivity index (χ0n) is 21.7. The number of ketones is 1. The molecular formula is C29H37N5O3. The minimum absolute atomic E-state index is 0.0700. The number of nitrogens with zero attached hydrogens (tertiary/aromatic N) is 2. The van der Waals surface area contributed by atoms with Crippen LogP contribution in [0.2, 0.25) is 0 Å². The van der Waals surface area contributed by atoms with Crippen molar-refractivity contribution in [3.05, 3.63) is 53.2 Å². The zero-order chi connectivity index (χ0) is 26.1. The van der Waals surface area contributed by atoms with Crippen LogP contribution in [0.1, 0.15) is 89.9 Å². The quantitative estimate of drug-likeness (QED) is 0.442. The van der Waals surface area contributed by atoms with Crippen molar-refractivity contribution in [3.8, 4) is 0 Å². The predicted octanol–water partition coefficient (Wildman–Crippen LogP) is 4.16. The van der Waals surface area contributed by atoms with E-state index in [1.165, 1.54) is 0 Å². The van der Waals surface area contributed by atoms with Crippen molar-refractivity contribution in [2.75, 3.05) is 16.8 Å². The van der Waals surface area contributed by atoms with Gasteiger partial charge in [0.15, 0.2) is 5.78 Å². The molecule has 2 amide bonds. The SMILES string of the molecule is CCC(C)Nc1cc(C(=O)NC2CC3CCCN(c4ccc(C(=O)C5CC5)cn4)C3C2)ccc1C(N)=O. The van der Waals surface area contributed by atoms with Crippen molar-refractivity contribution in [2.45, 2.75) is 76.9 Å². The number of pyridine rings is 1. The smallest absolute Gasteiger partial charge is 0.251 e. The Morgan fingerprint density at radius 1 is 1.11 bits per heavy atom. The molecule has 5 rings (SSSR count). The average Bonchev–Trinajstić information content (AvgIpc) is 3.67. The summed E-state index contributed by atoms with van der Waals surface area (Å²) in [6.45, 7) is 5.01. The van der Waals surface area contributed by atoms with Crippen LogP contribution in [0, 0.1) is 11.8 Å². The number of nitrogens with one attached hydrogen (secondary N) is 2. The average molecular weight is 504 g/mol. The van der Waals surface area contributed by atoms with Crippen molar-refractivity contribution in [1.29, 1.82) is 0 Å². The van der Waals surface area contributed by atoms with Gasteiger partial charge in [-0.05, 0) is 88.1 Å². The van der Waals surface area contributed by atoms with E-state index in [1.807, 2.05) is 19.1 Å². The summed E-state index contributed by atoms with van der Waals surface area (Å²) in [5.74, 6) is 1.16. The summed E-state index contributed by atoms with van der Waals surface area (Å²) >= 11 is 0. The van der Waals surface area contributed by atoms with Crippen LogP contribution < -0.4 is 21.3 Å². The third-order valence-corrected chi connectivity index (χ3v) is 8.20. The van der Waals surface area contributed by atoms with Crippen LogP contribution in [0.25, 0.3) is 0 Å². The first-order valence-electron chi connectivity index (χ1n) is 13.6. The van der Waals surface area contributed by atoms with Gasteiger partial charge in [-0.2, -0.15) is 0 Å². The van der Waals surface area contributed by atoms with Crippen LogP contribution in [0.5, 0.6) is 0 Å². The fraction of sp³-hybridized carbons (Fsp3) is 0.517. The number of rotatable bonds is 9. The zero-order valence-corrected chi connectivity index (χ0v) is 21.7. The largest absolute Gasteiger partial charge is 0.382 e. The number of nitrogens with two attached hydrogens (primary N) is 1. The van der Waals surface area contributed by atoms with E-state index in [9.17, 15) is 14.4 Å². The number of hydrogen-bond donors (Lipinski definition) is 3. The van der Waals surface area contributed by atoms with Crippen LogP contribution >= 0.6 is 0 Å². The standard InChI is InChI=1S/C29H37N5O3/c1-3-17(2)32-24-14-20(8-10-23(24)28(30)36)29(37)33-22-13-19-5-4-12-34(25(19)15-22)26-11-9-21(16-31-26)27(35)18-6-7-18/h8-11,14,16-19,22,25,32H,3-7,12-13,15H2,1-2H3,(H2,30,36)(H,33,37). The molecule has 8 nitrogen and oxygen atoms in total. The van der Waals surface area contributed by atoms with Crippen molar-refractivity contribution in [3.63, 3.8) is 0 Å². The van der Waals surface area contributed by atoms with Gasteiger partial charge in [0.05, 0.1) is 5.56 Å². The van der Waals surface area contributed by atoms with Crippen molar-refractivity contribution >= 4 is 29.1 Å². The molecule has 2 aromatic rings. The lowest BCUT2D eigenvalue weighted by atomic mass is 9.92. The summed E-state index contributed by atoms with van der Waals surface area (Å²) in [6, 6.07) is 9.45. The molecule has 4 atom stereocenters. The van der Waals surface area contributed by atoms with Crippen molar-refractivity contribution in [2.24, 2.45) is 17.6 Å². The van der Waals surface area contributed by atoms with E-state index in [1.54, 1.807) is 24.4 Å². The lowest BCUT2D eigenvalue weighted by Crippen LogP contribution is -2.43. The molecule has 2 aliphatic carbocycles. The Hall–Kier alpha value is -3.42. The van der Waals surface area contributed by atoms with Crippen molar-refractivity contribution in [1.82, 2.24) is 10.3 Å². The Kier molecular flexibility index (Phi) is 7.17. The van der Waals surface area contributed by atoms with E-state index in [-0.39, 0.29) is 29.7 Å². The fourth-order valence-electron chi connectivity index (χ4n) is 5.83. The monoisotopic (exact) mass is 503 g/mol. The highest BCUT2D eigenvalue weighted by Gasteiger charge is 2.41. The van der Waals surface area contributed by atoms with Gasteiger partial charge >= 0.3 is 0 Å².